The van der Waals surface area contributed by atoms with Gasteiger partial charge in [0.1, 0.15) is 0 Å². The van der Waals surface area contributed by atoms with Crippen molar-refractivity contribution in [3.05, 3.63) is 47.5 Å². The van der Waals surface area contributed by atoms with Crippen LogP contribution in [-0.4, -0.2) is 47.2 Å². The molecule has 4 rings (SSSR count). The number of nitrogens with zero attached hydrogens (tertiary/aromatic N) is 7. The van der Waals surface area contributed by atoms with Gasteiger partial charge in [-0.2, -0.15) is 9.97 Å². The number of hydrogen-bond acceptors (Lipinski definition) is 9. The number of ether oxygens (including phenoxy) is 1. The summed E-state index contributed by atoms with van der Waals surface area (Å²) in [6.07, 6.45) is 1.59. The Labute approximate surface area is 165 Å². The van der Waals surface area contributed by atoms with Crippen LogP contribution < -0.4 is 10.1 Å². The second-order valence-corrected chi connectivity index (χ2v) is 6.20. The van der Waals surface area contributed by atoms with Crippen molar-refractivity contribution >= 4 is 11.7 Å². The Hall–Kier alpha value is -3.89. The van der Waals surface area contributed by atoms with Crippen LogP contribution in [0.4, 0.5) is 0 Å². The van der Waals surface area contributed by atoms with Crippen molar-refractivity contribution in [2.75, 3.05) is 6.61 Å². The lowest BCUT2D eigenvalue weighted by atomic mass is 10.3. The minimum absolute atomic E-state index is 0.0154. The van der Waals surface area contributed by atoms with Crippen molar-refractivity contribution in [3.8, 4) is 17.3 Å². The summed E-state index contributed by atoms with van der Waals surface area (Å²) in [6.45, 7) is 6.18. The zero-order chi connectivity index (χ0) is 20.4. The SMILES string of the molecule is CCOc1ccc(-c2noc(CNC(=O)c3nc4nc(C)cc(C)n4n3)n2)cn1. The van der Waals surface area contributed by atoms with Gasteiger partial charge in [0.05, 0.1) is 13.2 Å². The van der Waals surface area contributed by atoms with Gasteiger partial charge in [0.2, 0.25) is 23.4 Å². The Morgan fingerprint density at radius 3 is 2.86 bits per heavy atom. The van der Waals surface area contributed by atoms with Crippen molar-refractivity contribution in [3.63, 3.8) is 0 Å². The standard InChI is InChI=1S/C18H18N8O3/c1-4-28-13-6-5-12(8-19-13)15-22-14(29-25-15)9-20-17(27)16-23-18-21-10(2)7-11(3)26(18)24-16/h5-8H,4,9H2,1-3H3,(H,20,27). The van der Waals surface area contributed by atoms with E-state index >= 15 is 0 Å². The van der Waals surface area contributed by atoms with Crippen LogP contribution in [0.25, 0.3) is 17.2 Å². The molecule has 0 aromatic carbocycles. The Kier molecular flexibility index (Phi) is 4.85. The van der Waals surface area contributed by atoms with Gasteiger partial charge < -0.3 is 14.6 Å². The molecule has 29 heavy (non-hydrogen) atoms. The maximum atomic E-state index is 12.4. The summed E-state index contributed by atoms with van der Waals surface area (Å²) < 4.78 is 12.0. The topological polar surface area (TPSA) is 133 Å². The highest BCUT2D eigenvalue weighted by Gasteiger charge is 2.16. The van der Waals surface area contributed by atoms with Crippen LogP contribution in [0.2, 0.25) is 0 Å². The van der Waals surface area contributed by atoms with Crippen molar-refractivity contribution in [2.45, 2.75) is 27.3 Å². The minimum atomic E-state index is -0.463. The summed E-state index contributed by atoms with van der Waals surface area (Å²) in [5.74, 6) is 1.06. The van der Waals surface area contributed by atoms with Crippen molar-refractivity contribution in [1.29, 1.82) is 0 Å². The Bertz CT molecular complexity index is 1170. The van der Waals surface area contributed by atoms with Crippen LogP contribution in [0, 0.1) is 13.8 Å². The number of nitrogens with one attached hydrogen (secondary N) is 1. The summed E-state index contributed by atoms with van der Waals surface area (Å²) in [6, 6.07) is 5.37. The van der Waals surface area contributed by atoms with Crippen LogP contribution in [0.3, 0.4) is 0 Å². The molecule has 11 heteroatoms. The van der Waals surface area contributed by atoms with Gasteiger partial charge in [-0.05, 0) is 32.9 Å². The molecule has 0 atom stereocenters. The van der Waals surface area contributed by atoms with E-state index in [9.17, 15) is 4.79 Å². The molecule has 0 spiro atoms. The molecule has 1 amide bonds. The third-order valence-corrected chi connectivity index (χ3v) is 3.98. The van der Waals surface area contributed by atoms with E-state index in [4.69, 9.17) is 9.26 Å². The highest BCUT2D eigenvalue weighted by molar-refractivity contribution is 5.90. The van der Waals surface area contributed by atoms with Gasteiger partial charge >= 0.3 is 0 Å². The molecule has 0 fully saturated rings. The molecule has 0 radical (unpaired) electrons. The van der Waals surface area contributed by atoms with E-state index in [0.717, 1.165) is 11.4 Å². The second-order valence-electron chi connectivity index (χ2n) is 6.20. The Morgan fingerprint density at radius 2 is 2.10 bits per heavy atom. The van der Waals surface area contributed by atoms with Gasteiger partial charge in [0, 0.05) is 29.2 Å². The average molecular weight is 394 g/mol. The van der Waals surface area contributed by atoms with E-state index < -0.39 is 5.91 Å². The lowest BCUT2D eigenvalue weighted by molar-refractivity contribution is 0.0936. The zero-order valence-electron chi connectivity index (χ0n) is 16.1. The summed E-state index contributed by atoms with van der Waals surface area (Å²) in [7, 11) is 0. The minimum Gasteiger partial charge on any atom is -0.478 e. The molecule has 4 aromatic heterocycles. The first-order valence-electron chi connectivity index (χ1n) is 8.94. The summed E-state index contributed by atoms with van der Waals surface area (Å²) in [5, 5.41) is 10.8. The van der Waals surface area contributed by atoms with Crippen LogP contribution in [0.5, 0.6) is 5.88 Å². The number of carbonyl (C=O) groups is 1. The lowest BCUT2D eigenvalue weighted by Gasteiger charge is -2.00. The van der Waals surface area contributed by atoms with Crippen molar-refractivity contribution in [2.24, 2.45) is 0 Å². The lowest BCUT2D eigenvalue weighted by Crippen LogP contribution is -2.24. The molecule has 1 N–H and O–H groups in total. The van der Waals surface area contributed by atoms with E-state index in [1.165, 1.54) is 4.52 Å². The van der Waals surface area contributed by atoms with Crippen LogP contribution >= 0.6 is 0 Å². The molecule has 0 bridgehead atoms. The normalized spacial score (nSPS) is 11.0. The van der Waals surface area contributed by atoms with Crippen molar-refractivity contribution in [1.82, 2.24) is 40.0 Å². The number of aromatic nitrogens is 7. The molecule has 0 aliphatic heterocycles. The monoisotopic (exact) mass is 394 g/mol. The second kappa shape index (κ2) is 7.62. The first kappa shape index (κ1) is 18.5. The smallest absolute Gasteiger partial charge is 0.291 e. The number of amides is 1. The molecule has 148 valence electrons. The third kappa shape index (κ3) is 3.88. The largest absolute Gasteiger partial charge is 0.478 e. The number of rotatable bonds is 6. The number of hydrogen-bond donors (Lipinski definition) is 1. The van der Waals surface area contributed by atoms with Gasteiger partial charge in [0.15, 0.2) is 0 Å². The maximum absolute atomic E-state index is 12.4. The van der Waals surface area contributed by atoms with Crippen LogP contribution in [0.1, 0.15) is 34.8 Å². The molecule has 0 saturated heterocycles. The van der Waals surface area contributed by atoms with Crippen molar-refractivity contribution < 1.29 is 14.1 Å². The fraction of sp³-hybridized carbons (Fsp3) is 0.278. The van der Waals surface area contributed by atoms with Crippen LogP contribution in [-0.2, 0) is 6.54 Å². The summed E-state index contributed by atoms with van der Waals surface area (Å²) in [4.78, 5) is 29.2. The molecule has 11 nitrogen and oxygen atoms in total. The molecule has 4 heterocycles. The average Bonchev–Trinajstić information content (AvgIpc) is 3.34. The van der Waals surface area contributed by atoms with E-state index in [1.54, 1.807) is 18.3 Å². The fourth-order valence-electron chi connectivity index (χ4n) is 2.69. The molecule has 0 aliphatic carbocycles. The van der Waals surface area contributed by atoms with Gasteiger partial charge in [-0.1, -0.05) is 5.16 Å². The summed E-state index contributed by atoms with van der Waals surface area (Å²) in [5.41, 5.74) is 2.31. The van der Waals surface area contributed by atoms with E-state index in [2.05, 4.69) is 35.5 Å². The van der Waals surface area contributed by atoms with E-state index in [-0.39, 0.29) is 18.3 Å². The number of carbonyl (C=O) groups excluding carboxylic acids is 1. The number of pyridine rings is 1. The van der Waals surface area contributed by atoms with Gasteiger partial charge in [-0.3, -0.25) is 4.79 Å². The molecule has 0 unspecified atom stereocenters. The fourth-order valence-corrected chi connectivity index (χ4v) is 2.69. The first-order valence-corrected chi connectivity index (χ1v) is 8.94. The van der Waals surface area contributed by atoms with Gasteiger partial charge in [-0.25, -0.2) is 14.5 Å². The van der Waals surface area contributed by atoms with Gasteiger partial charge in [0.25, 0.3) is 11.7 Å². The number of fused-ring (bicyclic) bond motifs is 1. The predicted octanol–water partition coefficient (Wildman–Crippen LogP) is 1.51. The molecule has 4 aromatic rings. The number of aryl methyl sites for hydroxylation is 2. The first-order chi connectivity index (χ1) is 14.0. The highest BCUT2D eigenvalue weighted by Crippen LogP contribution is 2.17. The van der Waals surface area contributed by atoms with E-state index in [0.29, 0.717) is 29.7 Å². The van der Waals surface area contributed by atoms with Gasteiger partial charge in [-0.15, -0.1) is 5.10 Å². The molecule has 0 saturated carbocycles. The zero-order valence-corrected chi connectivity index (χ0v) is 16.1. The predicted molar refractivity (Wildman–Crippen MR) is 100 cm³/mol. The quantitative estimate of drug-likeness (QED) is 0.516. The maximum Gasteiger partial charge on any atom is 0.291 e. The Morgan fingerprint density at radius 1 is 1.24 bits per heavy atom. The third-order valence-electron chi connectivity index (χ3n) is 3.98. The Balaban J connectivity index is 1.43. The molecule has 0 aliphatic rings. The highest BCUT2D eigenvalue weighted by atomic mass is 16.5. The van der Waals surface area contributed by atoms with Crippen LogP contribution in [0.15, 0.2) is 28.9 Å². The van der Waals surface area contributed by atoms with E-state index in [1.807, 2.05) is 26.8 Å². The summed E-state index contributed by atoms with van der Waals surface area (Å²) >= 11 is 0. The molecular formula is C18H18N8O3. The molecular weight excluding hydrogens is 376 g/mol.